The average Bonchev–Trinajstić information content (AvgIpc) is 3.22. The van der Waals surface area contributed by atoms with E-state index in [-0.39, 0.29) is 28.4 Å². The third kappa shape index (κ3) is 4.86. The summed E-state index contributed by atoms with van der Waals surface area (Å²) in [5, 5.41) is 13.5. The van der Waals surface area contributed by atoms with E-state index >= 15 is 0 Å². The number of methoxy groups -OCH3 is 2. The number of ether oxygens (including phenoxy) is 3. The zero-order valence-corrected chi connectivity index (χ0v) is 18.4. The number of nitrogens with zero attached hydrogens (tertiary/aromatic N) is 1. The highest BCUT2D eigenvalue weighted by Gasteiger charge is 2.21. The van der Waals surface area contributed by atoms with Crippen LogP contribution >= 0.6 is 11.3 Å². The summed E-state index contributed by atoms with van der Waals surface area (Å²) >= 11 is 1.16. The van der Waals surface area contributed by atoms with Gasteiger partial charge in [0.05, 0.1) is 31.4 Å². The number of carbonyl (C=O) groups is 2. The lowest BCUT2D eigenvalue weighted by Crippen LogP contribution is -2.14. The van der Waals surface area contributed by atoms with Crippen LogP contribution in [0.1, 0.15) is 27.0 Å². The molecule has 0 aliphatic heterocycles. The molecule has 0 saturated heterocycles. The Hall–Kier alpha value is -3.92. The average molecular weight is 456 g/mol. The molecular weight excluding hydrogens is 436 g/mol. The fraction of sp³-hybridized carbons (Fsp3) is 0.182. The fourth-order valence-corrected chi connectivity index (χ4v) is 3.90. The Kier molecular flexibility index (Phi) is 7.06. The van der Waals surface area contributed by atoms with Gasteiger partial charge in [0.25, 0.3) is 11.6 Å². The van der Waals surface area contributed by atoms with Crippen molar-refractivity contribution in [2.24, 2.45) is 0 Å². The van der Waals surface area contributed by atoms with Gasteiger partial charge in [-0.3, -0.25) is 14.9 Å². The van der Waals surface area contributed by atoms with Gasteiger partial charge in [0.2, 0.25) is 0 Å². The maximum Gasteiger partial charge on any atom is 0.350 e. The van der Waals surface area contributed by atoms with Gasteiger partial charge in [0, 0.05) is 22.6 Å². The number of hydrogen-bond donors (Lipinski definition) is 1. The molecule has 0 aliphatic carbocycles. The number of rotatable bonds is 8. The van der Waals surface area contributed by atoms with Crippen molar-refractivity contribution in [3.63, 3.8) is 0 Å². The van der Waals surface area contributed by atoms with Crippen LogP contribution in [0.4, 0.5) is 11.4 Å². The van der Waals surface area contributed by atoms with Crippen LogP contribution in [0.15, 0.2) is 48.5 Å². The molecule has 0 spiro atoms. The number of nitrogens with one attached hydrogen (secondary N) is 1. The Balaban J connectivity index is 1.95. The molecule has 0 fully saturated rings. The summed E-state index contributed by atoms with van der Waals surface area (Å²) in [7, 11) is 3.06. The van der Waals surface area contributed by atoms with E-state index in [1.165, 1.54) is 38.5 Å². The molecule has 0 atom stereocenters. The Morgan fingerprint density at radius 3 is 2.31 bits per heavy atom. The fourth-order valence-electron chi connectivity index (χ4n) is 2.89. The molecule has 0 bridgehead atoms. The van der Waals surface area contributed by atoms with Crippen LogP contribution in [0.5, 0.6) is 11.5 Å². The minimum Gasteiger partial charge on any atom is -0.493 e. The van der Waals surface area contributed by atoms with Crippen LogP contribution in [-0.2, 0) is 4.74 Å². The molecule has 32 heavy (non-hydrogen) atoms. The molecule has 3 aromatic rings. The topological polar surface area (TPSA) is 117 Å². The van der Waals surface area contributed by atoms with Crippen molar-refractivity contribution < 1.29 is 28.7 Å². The molecule has 9 nitrogen and oxygen atoms in total. The SMILES string of the molecule is CCOC(=O)c1sc(-c2ccc(OC)c(OC)c2)cc1NC(=O)c1ccc([N+](=O)[O-])cc1. The number of benzene rings is 2. The normalized spacial score (nSPS) is 10.3. The van der Waals surface area contributed by atoms with E-state index in [4.69, 9.17) is 14.2 Å². The van der Waals surface area contributed by atoms with E-state index in [0.29, 0.717) is 16.4 Å². The molecule has 1 amide bonds. The molecule has 166 valence electrons. The molecule has 1 aromatic heterocycles. The van der Waals surface area contributed by atoms with E-state index in [9.17, 15) is 19.7 Å². The molecular formula is C22H20N2O7S. The molecule has 0 radical (unpaired) electrons. The highest BCUT2D eigenvalue weighted by Crippen LogP contribution is 2.39. The highest BCUT2D eigenvalue weighted by atomic mass is 32.1. The van der Waals surface area contributed by atoms with Gasteiger partial charge in [-0.25, -0.2) is 4.79 Å². The summed E-state index contributed by atoms with van der Waals surface area (Å²) < 4.78 is 15.7. The van der Waals surface area contributed by atoms with Crippen molar-refractivity contribution >= 4 is 34.6 Å². The molecule has 2 aromatic carbocycles. The van der Waals surface area contributed by atoms with Gasteiger partial charge in [0.1, 0.15) is 4.88 Å². The number of anilines is 1. The van der Waals surface area contributed by atoms with Gasteiger partial charge in [-0.2, -0.15) is 0 Å². The number of esters is 1. The van der Waals surface area contributed by atoms with Gasteiger partial charge < -0.3 is 19.5 Å². The molecule has 3 rings (SSSR count). The Bertz CT molecular complexity index is 1160. The summed E-state index contributed by atoms with van der Waals surface area (Å²) in [6.07, 6.45) is 0. The number of hydrogen-bond acceptors (Lipinski definition) is 8. The first-order valence-corrected chi connectivity index (χ1v) is 10.3. The van der Waals surface area contributed by atoms with E-state index in [1.54, 1.807) is 25.1 Å². The summed E-state index contributed by atoms with van der Waals surface area (Å²) in [5.41, 5.74) is 1.12. The summed E-state index contributed by atoms with van der Waals surface area (Å²) in [6, 6.07) is 12.2. The van der Waals surface area contributed by atoms with Crippen molar-refractivity contribution in [2.45, 2.75) is 6.92 Å². The van der Waals surface area contributed by atoms with Crippen molar-refractivity contribution in [1.29, 1.82) is 0 Å². The maximum atomic E-state index is 12.7. The zero-order valence-electron chi connectivity index (χ0n) is 17.5. The quantitative estimate of drug-likeness (QED) is 0.295. The first kappa shape index (κ1) is 22.8. The second-order valence-electron chi connectivity index (χ2n) is 6.40. The molecule has 10 heteroatoms. The lowest BCUT2D eigenvalue weighted by Gasteiger charge is -2.08. The predicted octanol–water partition coefficient (Wildman–Crippen LogP) is 4.77. The smallest absolute Gasteiger partial charge is 0.350 e. The predicted molar refractivity (Wildman–Crippen MR) is 120 cm³/mol. The van der Waals surface area contributed by atoms with Gasteiger partial charge in [0.15, 0.2) is 11.5 Å². The maximum absolute atomic E-state index is 12.7. The van der Waals surface area contributed by atoms with E-state index < -0.39 is 16.8 Å². The molecule has 1 N–H and O–H groups in total. The number of thiophene rings is 1. The zero-order chi connectivity index (χ0) is 23.3. The number of amides is 1. The molecule has 1 heterocycles. The van der Waals surface area contributed by atoms with E-state index in [0.717, 1.165) is 16.9 Å². The standard InChI is InChI=1S/C22H20N2O7S/c1-4-31-22(26)20-16(23-21(25)13-5-8-15(9-6-13)24(27)28)12-19(32-20)14-7-10-17(29-2)18(11-14)30-3/h5-12H,4H2,1-3H3,(H,23,25). The third-order valence-electron chi connectivity index (χ3n) is 4.45. The molecule has 0 aliphatic rings. The number of carbonyl (C=O) groups excluding carboxylic acids is 2. The summed E-state index contributed by atoms with van der Waals surface area (Å²) in [5.74, 6) is 0.00278. The van der Waals surface area contributed by atoms with Gasteiger partial charge >= 0.3 is 5.97 Å². The largest absolute Gasteiger partial charge is 0.493 e. The second-order valence-corrected chi connectivity index (χ2v) is 7.45. The Labute approximate surface area is 187 Å². The minimum absolute atomic E-state index is 0.125. The van der Waals surface area contributed by atoms with Crippen LogP contribution in [-0.4, -0.2) is 37.6 Å². The number of non-ortho nitro benzene ring substituents is 1. The second kappa shape index (κ2) is 9.92. The third-order valence-corrected chi connectivity index (χ3v) is 5.61. The van der Waals surface area contributed by atoms with E-state index in [1.807, 2.05) is 6.07 Å². The first-order chi connectivity index (χ1) is 15.4. The van der Waals surface area contributed by atoms with Crippen LogP contribution in [0, 0.1) is 10.1 Å². The van der Waals surface area contributed by atoms with E-state index in [2.05, 4.69) is 5.32 Å². The number of nitro groups is 1. The highest BCUT2D eigenvalue weighted by molar-refractivity contribution is 7.18. The van der Waals surface area contributed by atoms with Crippen LogP contribution < -0.4 is 14.8 Å². The number of nitro benzene ring substituents is 1. The minimum atomic E-state index is -0.566. The lowest BCUT2D eigenvalue weighted by atomic mass is 10.1. The van der Waals surface area contributed by atoms with Gasteiger partial charge in [-0.1, -0.05) is 0 Å². The van der Waals surface area contributed by atoms with Crippen LogP contribution in [0.2, 0.25) is 0 Å². The molecule has 0 saturated carbocycles. The monoisotopic (exact) mass is 456 g/mol. The summed E-state index contributed by atoms with van der Waals surface area (Å²) in [4.78, 5) is 36.4. The van der Waals surface area contributed by atoms with Gasteiger partial charge in [-0.15, -0.1) is 11.3 Å². The van der Waals surface area contributed by atoms with Crippen molar-refractivity contribution in [2.75, 3.05) is 26.1 Å². The van der Waals surface area contributed by atoms with Crippen LogP contribution in [0.3, 0.4) is 0 Å². The Morgan fingerprint density at radius 2 is 1.72 bits per heavy atom. The molecule has 0 unspecified atom stereocenters. The lowest BCUT2D eigenvalue weighted by molar-refractivity contribution is -0.384. The van der Waals surface area contributed by atoms with Crippen molar-refractivity contribution in [1.82, 2.24) is 0 Å². The summed E-state index contributed by atoms with van der Waals surface area (Å²) in [6.45, 7) is 1.87. The van der Waals surface area contributed by atoms with Crippen LogP contribution in [0.25, 0.3) is 10.4 Å². The Morgan fingerprint density at radius 1 is 1.03 bits per heavy atom. The first-order valence-electron chi connectivity index (χ1n) is 9.47. The van der Waals surface area contributed by atoms with Gasteiger partial charge in [-0.05, 0) is 48.9 Å². The van der Waals surface area contributed by atoms with Crippen molar-refractivity contribution in [3.05, 3.63) is 69.1 Å². The van der Waals surface area contributed by atoms with Crippen molar-refractivity contribution in [3.8, 4) is 21.9 Å².